The van der Waals surface area contributed by atoms with E-state index in [1.165, 1.54) is 12.5 Å². The molecule has 8 heteroatoms. The van der Waals surface area contributed by atoms with Crippen LogP contribution in [0.15, 0.2) is 24.9 Å². The Labute approximate surface area is 156 Å². The molecule has 136 valence electrons. The summed E-state index contributed by atoms with van der Waals surface area (Å²) in [5.41, 5.74) is 1.72. The zero-order chi connectivity index (χ0) is 18.1. The molecule has 1 aliphatic rings. The molecule has 0 radical (unpaired) electrons. The molecule has 4 rings (SSSR count). The number of hydrogen-bond acceptors (Lipinski definition) is 5. The first-order valence-electron chi connectivity index (χ1n) is 8.89. The molecule has 1 fully saturated rings. The van der Waals surface area contributed by atoms with Crippen LogP contribution in [0.5, 0.6) is 0 Å². The number of aromatic nitrogens is 5. The molecule has 26 heavy (non-hydrogen) atoms. The van der Waals surface area contributed by atoms with Gasteiger partial charge in [-0.3, -0.25) is 0 Å². The Kier molecular flexibility index (Phi) is 4.72. The van der Waals surface area contributed by atoms with Crippen molar-refractivity contribution in [1.82, 2.24) is 24.5 Å². The zero-order valence-electron chi connectivity index (χ0n) is 14.6. The topological polar surface area (TPSA) is 59.7 Å². The summed E-state index contributed by atoms with van der Waals surface area (Å²) in [5, 5.41) is 0.454. The summed E-state index contributed by atoms with van der Waals surface area (Å²) in [4.78, 5) is 19.3. The molecule has 0 unspecified atom stereocenters. The number of anilines is 1. The summed E-state index contributed by atoms with van der Waals surface area (Å²) < 4.78 is 16.1. The van der Waals surface area contributed by atoms with Gasteiger partial charge in [-0.2, -0.15) is 0 Å². The van der Waals surface area contributed by atoms with Gasteiger partial charge in [-0.1, -0.05) is 24.9 Å². The summed E-state index contributed by atoms with van der Waals surface area (Å²) in [7, 11) is 0. The fourth-order valence-corrected chi connectivity index (χ4v) is 3.77. The molecule has 4 heterocycles. The van der Waals surface area contributed by atoms with E-state index in [9.17, 15) is 4.39 Å². The molecule has 0 spiro atoms. The second-order valence-corrected chi connectivity index (χ2v) is 6.96. The molecule has 6 nitrogen and oxygen atoms in total. The van der Waals surface area contributed by atoms with Gasteiger partial charge in [0.05, 0.1) is 5.39 Å². The number of rotatable bonds is 4. The number of piperidine rings is 1. The van der Waals surface area contributed by atoms with Crippen molar-refractivity contribution in [1.29, 1.82) is 0 Å². The minimum absolute atomic E-state index is 0.157. The maximum atomic E-state index is 14.2. The van der Waals surface area contributed by atoms with Crippen molar-refractivity contribution in [3.05, 3.63) is 41.5 Å². The molecule has 3 aromatic heterocycles. The van der Waals surface area contributed by atoms with Gasteiger partial charge in [0.15, 0.2) is 5.82 Å². The number of aryl methyl sites for hydroxylation is 1. The third-order valence-corrected chi connectivity index (χ3v) is 5.17. The lowest BCUT2D eigenvalue weighted by Gasteiger charge is -2.32. The smallest absolute Gasteiger partial charge is 0.225 e. The molecule has 0 amide bonds. The van der Waals surface area contributed by atoms with Crippen LogP contribution in [0.25, 0.3) is 11.0 Å². The summed E-state index contributed by atoms with van der Waals surface area (Å²) in [6, 6.07) is 0.170. The van der Waals surface area contributed by atoms with Crippen LogP contribution in [0.3, 0.4) is 0 Å². The van der Waals surface area contributed by atoms with Crippen molar-refractivity contribution in [3.63, 3.8) is 0 Å². The fraction of sp³-hybridized carbons (Fsp3) is 0.444. The van der Waals surface area contributed by atoms with Crippen LogP contribution in [0.1, 0.15) is 37.8 Å². The molecule has 0 bridgehead atoms. The van der Waals surface area contributed by atoms with Crippen LogP contribution in [0.2, 0.25) is 5.15 Å². The number of fused-ring (bicyclic) bond motifs is 1. The van der Waals surface area contributed by atoms with E-state index in [2.05, 4.69) is 31.8 Å². The second kappa shape index (κ2) is 7.15. The van der Waals surface area contributed by atoms with E-state index in [0.29, 0.717) is 11.0 Å². The first-order valence-corrected chi connectivity index (χ1v) is 9.27. The molecule has 0 aliphatic carbocycles. The summed E-state index contributed by atoms with van der Waals surface area (Å²) in [6.45, 7) is 3.78. The first kappa shape index (κ1) is 17.1. The first-order chi connectivity index (χ1) is 12.7. The standard InChI is InChI=1S/C18H20ClFN6/c1-2-3-12-8-21-18(22-9-12)25-6-4-13(5-7-25)26-10-14(20)15-16(19)23-11-24-17(15)26/h8-11,13H,2-7H2,1H3. The highest BCUT2D eigenvalue weighted by Crippen LogP contribution is 2.31. The number of halogens is 2. The maximum Gasteiger partial charge on any atom is 0.225 e. The largest absolute Gasteiger partial charge is 0.341 e. The predicted octanol–water partition coefficient (Wildman–Crippen LogP) is 3.81. The highest BCUT2D eigenvalue weighted by atomic mass is 35.5. The Morgan fingerprint density at radius 2 is 1.88 bits per heavy atom. The van der Waals surface area contributed by atoms with Crippen LogP contribution in [0.4, 0.5) is 10.3 Å². The van der Waals surface area contributed by atoms with Gasteiger partial charge in [-0.15, -0.1) is 0 Å². The van der Waals surface area contributed by atoms with Crippen LogP contribution < -0.4 is 4.90 Å². The van der Waals surface area contributed by atoms with Gasteiger partial charge in [0.2, 0.25) is 5.95 Å². The van der Waals surface area contributed by atoms with Crippen molar-refractivity contribution >= 4 is 28.6 Å². The average molecular weight is 375 g/mol. The van der Waals surface area contributed by atoms with E-state index in [-0.39, 0.29) is 17.0 Å². The Balaban J connectivity index is 1.49. The monoisotopic (exact) mass is 374 g/mol. The number of hydrogen-bond donors (Lipinski definition) is 0. The van der Waals surface area contributed by atoms with Gasteiger partial charge in [-0.25, -0.2) is 24.3 Å². The molecule has 1 aliphatic heterocycles. The summed E-state index contributed by atoms with van der Waals surface area (Å²) >= 11 is 6.02. The highest BCUT2D eigenvalue weighted by molar-refractivity contribution is 6.34. The predicted molar refractivity (Wildman–Crippen MR) is 99.0 cm³/mol. The lowest BCUT2D eigenvalue weighted by Crippen LogP contribution is -2.35. The summed E-state index contributed by atoms with van der Waals surface area (Å²) in [5.74, 6) is 0.389. The molecule has 0 aromatic carbocycles. The van der Waals surface area contributed by atoms with Gasteiger partial charge >= 0.3 is 0 Å². The van der Waals surface area contributed by atoms with E-state index in [1.807, 2.05) is 17.0 Å². The lowest BCUT2D eigenvalue weighted by molar-refractivity contribution is 0.398. The van der Waals surface area contributed by atoms with E-state index in [1.54, 1.807) is 0 Å². The minimum atomic E-state index is -0.372. The van der Waals surface area contributed by atoms with Gasteiger partial charge in [-0.05, 0) is 24.8 Å². The lowest BCUT2D eigenvalue weighted by atomic mass is 10.1. The van der Waals surface area contributed by atoms with Crippen molar-refractivity contribution in [2.24, 2.45) is 0 Å². The zero-order valence-corrected chi connectivity index (χ0v) is 15.3. The molecule has 3 aromatic rings. The van der Waals surface area contributed by atoms with Crippen LogP contribution in [-0.4, -0.2) is 37.6 Å². The van der Waals surface area contributed by atoms with Gasteiger partial charge in [0.1, 0.15) is 17.1 Å². The van der Waals surface area contributed by atoms with E-state index in [0.717, 1.165) is 50.3 Å². The molecule has 0 atom stereocenters. The normalized spacial score (nSPS) is 15.7. The highest BCUT2D eigenvalue weighted by Gasteiger charge is 2.25. The molecule has 0 N–H and O–H groups in total. The minimum Gasteiger partial charge on any atom is -0.341 e. The van der Waals surface area contributed by atoms with Crippen LogP contribution in [-0.2, 0) is 6.42 Å². The molecule has 1 saturated heterocycles. The van der Waals surface area contributed by atoms with E-state index in [4.69, 9.17) is 11.6 Å². The van der Waals surface area contributed by atoms with Crippen molar-refractivity contribution < 1.29 is 4.39 Å². The van der Waals surface area contributed by atoms with E-state index >= 15 is 0 Å². The average Bonchev–Trinajstić information content (AvgIpc) is 3.01. The SMILES string of the molecule is CCCc1cnc(N2CCC(n3cc(F)c4c(Cl)ncnc43)CC2)nc1. The van der Waals surface area contributed by atoms with Gasteiger partial charge in [0.25, 0.3) is 0 Å². The number of nitrogens with zero attached hydrogens (tertiary/aromatic N) is 6. The van der Waals surface area contributed by atoms with Crippen molar-refractivity contribution in [3.8, 4) is 0 Å². The van der Waals surface area contributed by atoms with Gasteiger partial charge in [0, 0.05) is 37.7 Å². The molecule has 0 saturated carbocycles. The Hall–Kier alpha value is -2.28. The van der Waals surface area contributed by atoms with Crippen LogP contribution >= 0.6 is 11.6 Å². The van der Waals surface area contributed by atoms with Gasteiger partial charge < -0.3 is 9.47 Å². The maximum absolute atomic E-state index is 14.2. The fourth-order valence-electron chi connectivity index (χ4n) is 3.56. The molecular weight excluding hydrogens is 355 g/mol. The third-order valence-electron chi connectivity index (χ3n) is 4.89. The molecular formula is C18H20ClFN6. The Morgan fingerprint density at radius 3 is 2.58 bits per heavy atom. The van der Waals surface area contributed by atoms with E-state index < -0.39 is 0 Å². The summed E-state index contributed by atoms with van der Waals surface area (Å²) in [6.07, 6.45) is 10.5. The Bertz CT molecular complexity index is 902. The Morgan fingerprint density at radius 1 is 1.15 bits per heavy atom. The van der Waals surface area contributed by atoms with Crippen molar-refractivity contribution in [2.45, 2.75) is 38.6 Å². The van der Waals surface area contributed by atoms with Crippen molar-refractivity contribution in [2.75, 3.05) is 18.0 Å². The quantitative estimate of drug-likeness (QED) is 0.650. The second-order valence-electron chi connectivity index (χ2n) is 6.61. The van der Waals surface area contributed by atoms with Crippen LogP contribution in [0, 0.1) is 5.82 Å². The third kappa shape index (κ3) is 3.11.